The second kappa shape index (κ2) is 5.63. The first kappa shape index (κ1) is 11.9. The second-order valence-corrected chi connectivity index (χ2v) is 3.73. The normalized spacial score (nSPS) is 10.4. The molecule has 0 bridgehead atoms. The molecule has 0 atom stereocenters. The van der Waals surface area contributed by atoms with Crippen molar-refractivity contribution in [1.82, 2.24) is 0 Å². The molecule has 0 aliphatic carbocycles. The minimum Gasteiger partial charge on any atom is -0.235 e. The molecule has 2 aromatic rings. The van der Waals surface area contributed by atoms with E-state index in [4.69, 9.17) is 0 Å². The molecule has 0 amide bonds. The van der Waals surface area contributed by atoms with Crippen molar-refractivity contribution in [2.45, 2.75) is 0 Å². The molecule has 90 valence electrons. The zero-order chi connectivity index (χ0) is 12.8. The predicted molar refractivity (Wildman–Crippen MR) is 72.4 cm³/mol. The van der Waals surface area contributed by atoms with Crippen LogP contribution in [0.2, 0.25) is 0 Å². The molecule has 0 saturated carbocycles. The Bertz CT molecular complexity index is 548. The number of nitrogens with zero attached hydrogens (tertiary/aromatic N) is 1. The van der Waals surface area contributed by atoms with Gasteiger partial charge in [-0.05, 0) is 23.3 Å². The average Bonchev–Trinajstić information content (AvgIpc) is 2.38. The Morgan fingerprint density at radius 2 is 1.44 bits per heavy atom. The molecule has 0 spiro atoms. The number of hydrazine groups is 1. The summed E-state index contributed by atoms with van der Waals surface area (Å²) in [5.74, 6) is 0. The van der Waals surface area contributed by atoms with E-state index in [0.717, 1.165) is 11.1 Å². The number of rotatable bonds is 4. The number of anilines is 1. The van der Waals surface area contributed by atoms with E-state index in [1.54, 1.807) is 12.1 Å². The van der Waals surface area contributed by atoms with Crippen LogP contribution in [0, 0.1) is 10.1 Å². The summed E-state index contributed by atoms with van der Waals surface area (Å²) in [6.07, 6.45) is 3.96. The van der Waals surface area contributed by atoms with E-state index in [-0.39, 0.29) is 0 Å². The van der Waals surface area contributed by atoms with Crippen molar-refractivity contribution in [1.29, 1.82) is 0 Å². The molecule has 0 aromatic heterocycles. The fourth-order valence-electron chi connectivity index (χ4n) is 1.53. The van der Waals surface area contributed by atoms with Gasteiger partial charge in [-0.1, -0.05) is 54.6 Å². The molecular weight excluding hydrogens is 228 g/mol. The first-order valence-electron chi connectivity index (χ1n) is 5.48. The monoisotopic (exact) mass is 240 g/mol. The fraction of sp³-hybridized carbons (Fsp3) is 0. The van der Waals surface area contributed by atoms with Crippen molar-refractivity contribution in [2.24, 2.45) is 0 Å². The van der Waals surface area contributed by atoms with Crippen molar-refractivity contribution >= 4 is 17.8 Å². The quantitative estimate of drug-likeness (QED) is 0.506. The van der Waals surface area contributed by atoms with Crippen LogP contribution in [0.3, 0.4) is 0 Å². The van der Waals surface area contributed by atoms with Crippen molar-refractivity contribution < 1.29 is 5.03 Å². The molecule has 0 radical (unpaired) electrons. The lowest BCUT2D eigenvalue weighted by atomic mass is 10.1. The molecule has 0 aliphatic rings. The van der Waals surface area contributed by atoms with E-state index in [1.807, 2.05) is 54.6 Å². The fourth-order valence-corrected chi connectivity index (χ4v) is 1.53. The lowest BCUT2D eigenvalue weighted by Gasteiger charge is -1.98. The number of nitro groups is 1. The number of hydrogen-bond donors (Lipinski definition) is 1. The van der Waals surface area contributed by atoms with Gasteiger partial charge in [0.2, 0.25) is 0 Å². The first-order valence-corrected chi connectivity index (χ1v) is 5.48. The summed E-state index contributed by atoms with van der Waals surface area (Å²) in [6, 6.07) is 16.9. The van der Waals surface area contributed by atoms with Crippen molar-refractivity contribution in [3.63, 3.8) is 0 Å². The summed E-state index contributed by atoms with van der Waals surface area (Å²) in [4.78, 5) is 10.2. The predicted octanol–water partition coefficient (Wildman–Crippen LogP) is 3.46. The third kappa shape index (κ3) is 3.45. The van der Waals surface area contributed by atoms with Crippen molar-refractivity contribution in [2.75, 3.05) is 5.43 Å². The van der Waals surface area contributed by atoms with Gasteiger partial charge in [0.15, 0.2) is 5.03 Å². The highest BCUT2D eigenvalue weighted by atomic mass is 16.7. The minimum absolute atomic E-state index is 0.469. The maximum absolute atomic E-state index is 10.2. The van der Waals surface area contributed by atoms with Crippen LogP contribution in [0.5, 0.6) is 0 Å². The first-order chi connectivity index (χ1) is 8.74. The van der Waals surface area contributed by atoms with Gasteiger partial charge in [-0.3, -0.25) is 0 Å². The Morgan fingerprint density at radius 3 is 2.00 bits per heavy atom. The third-order valence-electron chi connectivity index (χ3n) is 2.40. The Balaban J connectivity index is 2.06. The topological polar surface area (TPSA) is 55.2 Å². The zero-order valence-corrected chi connectivity index (χ0v) is 9.61. The molecule has 2 rings (SSSR count). The van der Waals surface area contributed by atoms with E-state index in [1.165, 1.54) is 0 Å². The van der Waals surface area contributed by atoms with Crippen LogP contribution >= 0.6 is 0 Å². The van der Waals surface area contributed by atoms with E-state index in [9.17, 15) is 10.1 Å². The van der Waals surface area contributed by atoms with Crippen molar-refractivity contribution in [3.8, 4) is 0 Å². The van der Waals surface area contributed by atoms with Gasteiger partial charge in [0.05, 0.1) is 0 Å². The highest BCUT2D eigenvalue weighted by molar-refractivity contribution is 5.70. The van der Waals surface area contributed by atoms with E-state index < -0.39 is 5.03 Å². The lowest BCUT2D eigenvalue weighted by Crippen LogP contribution is -2.07. The van der Waals surface area contributed by atoms with Crippen LogP contribution in [0.15, 0.2) is 54.6 Å². The second-order valence-electron chi connectivity index (χ2n) is 3.73. The summed E-state index contributed by atoms with van der Waals surface area (Å²) in [6.45, 7) is 0. The maximum Gasteiger partial charge on any atom is 0.162 e. The SMILES string of the molecule is O=[N+]([O-])Nc1ccc(/C=C/c2ccccc2)cc1. The van der Waals surface area contributed by atoms with Crippen LogP contribution in [-0.4, -0.2) is 5.03 Å². The van der Waals surface area contributed by atoms with Gasteiger partial charge < -0.3 is 0 Å². The summed E-state index contributed by atoms with van der Waals surface area (Å²) >= 11 is 0. The standard InChI is InChI=1S/C14H12N2O2/c17-16(18)15-14-10-8-13(9-11-14)7-6-12-4-2-1-3-5-12/h1-11,15H/b7-6+. The summed E-state index contributed by atoms with van der Waals surface area (Å²) in [5, 5.41) is 9.67. The average molecular weight is 240 g/mol. The molecular formula is C14H12N2O2. The molecule has 4 heteroatoms. The van der Waals surface area contributed by atoms with Crippen LogP contribution in [0.4, 0.5) is 5.69 Å². The number of benzene rings is 2. The summed E-state index contributed by atoms with van der Waals surface area (Å²) in [7, 11) is 0. The van der Waals surface area contributed by atoms with Gasteiger partial charge in [0.25, 0.3) is 0 Å². The van der Waals surface area contributed by atoms with Gasteiger partial charge in [-0.2, -0.15) is 0 Å². The van der Waals surface area contributed by atoms with Crippen LogP contribution in [-0.2, 0) is 0 Å². The molecule has 0 unspecified atom stereocenters. The van der Waals surface area contributed by atoms with Gasteiger partial charge in [0, 0.05) is 0 Å². The Morgan fingerprint density at radius 1 is 0.889 bits per heavy atom. The Kier molecular flexibility index (Phi) is 3.71. The molecule has 2 aromatic carbocycles. The lowest BCUT2D eigenvalue weighted by molar-refractivity contribution is -0.445. The van der Waals surface area contributed by atoms with Gasteiger partial charge >= 0.3 is 0 Å². The van der Waals surface area contributed by atoms with Gasteiger partial charge in [-0.25, -0.2) is 10.1 Å². The molecule has 0 aliphatic heterocycles. The van der Waals surface area contributed by atoms with E-state index in [2.05, 4.69) is 5.43 Å². The summed E-state index contributed by atoms with van der Waals surface area (Å²) in [5.41, 5.74) is 4.68. The molecule has 0 fully saturated rings. The smallest absolute Gasteiger partial charge is 0.162 e. The van der Waals surface area contributed by atoms with Crippen LogP contribution < -0.4 is 5.43 Å². The van der Waals surface area contributed by atoms with Gasteiger partial charge in [-0.15, -0.1) is 5.43 Å². The van der Waals surface area contributed by atoms with E-state index >= 15 is 0 Å². The molecule has 18 heavy (non-hydrogen) atoms. The number of nitrogens with one attached hydrogen (secondary N) is 1. The van der Waals surface area contributed by atoms with Crippen LogP contribution in [0.25, 0.3) is 12.2 Å². The molecule has 0 saturated heterocycles. The molecule has 4 nitrogen and oxygen atoms in total. The maximum atomic E-state index is 10.2. The molecule has 1 N–H and O–H groups in total. The largest absolute Gasteiger partial charge is 0.235 e. The zero-order valence-electron chi connectivity index (χ0n) is 9.61. The highest BCUT2D eigenvalue weighted by Crippen LogP contribution is 2.12. The van der Waals surface area contributed by atoms with Crippen molar-refractivity contribution in [3.05, 3.63) is 75.8 Å². The summed E-state index contributed by atoms with van der Waals surface area (Å²) < 4.78 is 0. The van der Waals surface area contributed by atoms with Gasteiger partial charge in [0.1, 0.15) is 5.69 Å². The number of hydrogen-bond acceptors (Lipinski definition) is 2. The van der Waals surface area contributed by atoms with E-state index in [0.29, 0.717) is 5.69 Å². The Labute approximate surface area is 105 Å². The highest BCUT2D eigenvalue weighted by Gasteiger charge is 1.97. The van der Waals surface area contributed by atoms with Crippen LogP contribution in [0.1, 0.15) is 11.1 Å². The minimum atomic E-state index is -0.575. The molecule has 0 heterocycles. The third-order valence-corrected chi connectivity index (χ3v) is 2.40. The Hall–Kier alpha value is -2.62.